The zero-order valence-electron chi connectivity index (χ0n) is 18.0. The minimum atomic E-state index is -0.605. The summed E-state index contributed by atoms with van der Waals surface area (Å²) in [6.07, 6.45) is 2.54. The molecule has 32 heavy (non-hydrogen) atoms. The van der Waals surface area contributed by atoms with Crippen LogP contribution in [0.3, 0.4) is 0 Å². The lowest BCUT2D eigenvalue weighted by Gasteiger charge is -2.18. The summed E-state index contributed by atoms with van der Waals surface area (Å²) in [4.78, 5) is 55.3. The van der Waals surface area contributed by atoms with Crippen molar-refractivity contribution in [3.63, 3.8) is 0 Å². The zero-order valence-corrected chi connectivity index (χ0v) is 19.6. The highest BCUT2D eigenvalue weighted by Crippen LogP contribution is 2.40. The van der Waals surface area contributed by atoms with Crippen molar-refractivity contribution in [1.29, 1.82) is 0 Å². The topological polar surface area (TPSA) is 117 Å². The van der Waals surface area contributed by atoms with Crippen molar-refractivity contribution >= 4 is 51.0 Å². The Morgan fingerprint density at radius 3 is 2.69 bits per heavy atom. The first-order valence-corrected chi connectivity index (χ1v) is 11.2. The van der Waals surface area contributed by atoms with E-state index < -0.39 is 23.1 Å². The Hall–Kier alpha value is -2.92. The van der Waals surface area contributed by atoms with E-state index in [1.807, 2.05) is 0 Å². The van der Waals surface area contributed by atoms with Crippen LogP contribution in [0.4, 0.5) is 5.00 Å². The Morgan fingerprint density at radius 2 is 2.00 bits per heavy atom. The third-order valence-corrected chi connectivity index (χ3v) is 7.22. The van der Waals surface area contributed by atoms with Gasteiger partial charge in [0.25, 0.3) is 5.56 Å². The molecule has 1 aliphatic rings. The molecule has 0 aliphatic heterocycles. The number of hydrogen-bond acceptors (Lipinski definition) is 7. The summed E-state index contributed by atoms with van der Waals surface area (Å²) in [6, 6.07) is 0. The van der Waals surface area contributed by atoms with Crippen LogP contribution >= 0.6 is 22.9 Å². The molecule has 1 unspecified atom stereocenters. The van der Waals surface area contributed by atoms with E-state index in [1.54, 1.807) is 0 Å². The van der Waals surface area contributed by atoms with Gasteiger partial charge in [0.1, 0.15) is 11.5 Å². The minimum Gasteiger partial charge on any atom is -0.465 e. The predicted molar refractivity (Wildman–Crippen MR) is 121 cm³/mol. The number of aryl methyl sites for hydroxylation is 1. The van der Waals surface area contributed by atoms with Crippen LogP contribution in [-0.2, 0) is 43.0 Å². The number of fused-ring (bicyclic) bond motifs is 2. The van der Waals surface area contributed by atoms with E-state index in [9.17, 15) is 19.2 Å². The van der Waals surface area contributed by atoms with Gasteiger partial charge in [-0.3, -0.25) is 23.3 Å². The number of aromatic nitrogens is 4. The first kappa shape index (κ1) is 22.3. The Balaban J connectivity index is 1.71. The molecular formula is C20H22ClN5O5S. The van der Waals surface area contributed by atoms with E-state index in [1.165, 1.54) is 41.7 Å². The summed E-state index contributed by atoms with van der Waals surface area (Å²) < 4.78 is 8.33. The number of hydrogen-bond donors (Lipinski definition) is 1. The molecular weight excluding hydrogens is 458 g/mol. The van der Waals surface area contributed by atoms with Crippen LogP contribution in [0.5, 0.6) is 0 Å². The van der Waals surface area contributed by atoms with Gasteiger partial charge < -0.3 is 10.1 Å². The second kappa shape index (κ2) is 8.21. The number of carbonyl (C=O) groups excluding carboxylic acids is 2. The lowest BCUT2D eigenvalue weighted by Crippen LogP contribution is -2.37. The van der Waals surface area contributed by atoms with E-state index in [0.29, 0.717) is 16.5 Å². The number of nitrogens with zero attached hydrogens (tertiary/aromatic N) is 4. The molecule has 3 heterocycles. The molecule has 4 rings (SSSR count). The fourth-order valence-electron chi connectivity index (χ4n) is 4.03. The summed E-state index contributed by atoms with van der Waals surface area (Å²) in [6.45, 7) is 1.83. The number of thiophene rings is 1. The van der Waals surface area contributed by atoms with E-state index >= 15 is 0 Å². The van der Waals surface area contributed by atoms with Crippen molar-refractivity contribution in [2.24, 2.45) is 20.0 Å². The average Bonchev–Trinajstić information content (AvgIpc) is 3.27. The first-order valence-electron chi connectivity index (χ1n) is 9.98. The van der Waals surface area contributed by atoms with Gasteiger partial charge in [-0.2, -0.15) is 4.98 Å². The molecule has 0 saturated heterocycles. The lowest BCUT2D eigenvalue weighted by atomic mass is 9.88. The largest absolute Gasteiger partial charge is 0.465 e. The van der Waals surface area contributed by atoms with Crippen LogP contribution in [0.1, 0.15) is 34.1 Å². The number of amides is 1. The molecule has 12 heteroatoms. The fourth-order valence-corrected chi connectivity index (χ4v) is 5.67. The van der Waals surface area contributed by atoms with Crippen LogP contribution < -0.4 is 16.6 Å². The van der Waals surface area contributed by atoms with Crippen LogP contribution in [0.2, 0.25) is 5.28 Å². The van der Waals surface area contributed by atoms with Gasteiger partial charge in [-0.1, -0.05) is 6.92 Å². The molecule has 0 spiro atoms. The Morgan fingerprint density at radius 1 is 1.28 bits per heavy atom. The highest BCUT2D eigenvalue weighted by molar-refractivity contribution is 7.17. The maximum absolute atomic E-state index is 12.9. The highest BCUT2D eigenvalue weighted by atomic mass is 35.5. The second-order valence-corrected chi connectivity index (χ2v) is 9.38. The number of rotatable bonds is 4. The third kappa shape index (κ3) is 3.55. The first-order chi connectivity index (χ1) is 15.1. The maximum Gasteiger partial charge on any atom is 0.341 e. The molecule has 0 bridgehead atoms. The van der Waals surface area contributed by atoms with E-state index in [2.05, 4.69) is 17.2 Å². The number of nitrogens with one attached hydrogen (secondary N) is 1. The Labute approximate surface area is 191 Å². The van der Waals surface area contributed by atoms with Crippen LogP contribution in [0, 0.1) is 5.92 Å². The molecule has 3 aromatic heterocycles. The Kier molecular flexibility index (Phi) is 5.72. The number of ether oxygens (including phenoxy) is 1. The van der Waals surface area contributed by atoms with Crippen molar-refractivity contribution in [1.82, 2.24) is 18.7 Å². The second-order valence-electron chi connectivity index (χ2n) is 7.94. The molecule has 3 aromatic rings. The number of methoxy groups -OCH3 is 1. The van der Waals surface area contributed by atoms with Crippen molar-refractivity contribution in [3.8, 4) is 0 Å². The number of anilines is 1. The molecule has 0 aromatic carbocycles. The van der Waals surface area contributed by atoms with Gasteiger partial charge >= 0.3 is 11.7 Å². The van der Waals surface area contributed by atoms with Gasteiger partial charge in [-0.15, -0.1) is 11.3 Å². The maximum atomic E-state index is 12.9. The summed E-state index contributed by atoms with van der Waals surface area (Å²) in [7, 11) is 4.12. The number of esters is 1. The van der Waals surface area contributed by atoms with Gasteiger partial charge in [0.15, 0.2) is 11.2 Å². The molecule has 0 saturated carbocycles. The smallest absolute Gasteiger partial charge is 0.341 e. The quantitative estimate of drug-likeness (QED) is 0.449. The number of imidazole rings is 1. The minimum absolute atomic E-state index is 0.0437. The molecule has 10 nitrogen and oxygen atoms in total. The van der Waals surface area contributed by atoms with E-state index in [0.717, 1.165) is 34.3 Å². The average molecular weight is 480 g/mol. The van der Waals surface area contributed by atoms with Crippen molar-refractivity contribution in [2.75, 3.05) is 12.4 Å². The van der Waals surface area contributed by atoms with Crippen LogP contribution in [-0.4, -0.2) is 37.7 Å². The van der Waals surface area contributed by atoms with Gasteiger partial charge in [0.05, 0.1) is 12.7 Å². The fraction of sp³-hybridized carbons (Fsp3) is 0.450. The summed E-state index contributed by atoms with van der Waals surface area (Å²) in [5.74, 6) is -0.490. The molecule has 1 aliphatic carbocycles. The van der Waals surface area contributed by atoms with Crippen molar-refractivity contribution in [3.05, 3.63) is 42.1 Å². The number of carbonyl (C=O) groups is 2. The van der Waals surface area contributed by atoms with Gasteiger partial charge in [-0.05, 0) is 42.3 Å². The molecule has 170 valence electrons. The summed E-state index contributed by atoms with van der Waals surface area (Å²) in [5, 5.41) is 3.10. The van der Waals surface area contributed by atoms with Crippen LogP contribution in [0.15, 0.2) is 9.59 Å². The van der Waals surface area contributed by atoms with E-state index in [-0.39, 0.29) is 23.0 Å². The normalized spacial score (nSPS) is 15.6. The third-order valence-electron chi connectivity index (χ3n) is 5.76. The summed E-state index contributed by atoms with van der Waals surface area (Å²) >= 11 is 7.57. The zero-order chi connectivity index (χ0) is 23.3. The SMILES string of the molecule is COC(=O)c1c(NC(=O)Cn2c(Cl)nc3c2c(=O)n(C)c(=O)n3C)sc2c1CCC(C)C2. The standard InChI is InChI=1S/C20H22ClN5O5S/c1-9-5-6-10-11(7-9)32-16(13(10)18(29)31-4)22-12(27)8-26-14-15(23-19(26)21)24(2)20(30)25(3)17(14)28/h9H,5-8H2,1-4H3,(H,22,27). The monoisotopic (exact) mass is 479 g/mol. The molecule has 1 atom stereocenters. The molecule has 1 N–H and O–H groups in total. The van der Waals surface area contributed by atoms with E-state index in [4.69, 9.17) is 16.3 Å². The van der Waals surface area contributed by atoms with Crippen LogP contribution in [0.25, 0.3) is 11.2 Å². The van der Waals surface area contributed by atoms with Gasteiger partial charge in [-0.25, -0.2) is 9.59 Å². The van der Waals surface area contributed by atoms with Gasteiger partial charge in [0, 0.05) is 19.0 Å². The van der Waals surface area contributed by atoms with Gasteiger partial charge in [0.2, 0.25) is 11.2 Å². The Bertz CT molecular complexity index is 1380. The van der Waals surface area contributed by atoms with Crippen molar-refractivity contribution in [2.45, 2.75) is 32.7 Å². The summed E-state index contributed by atoms with van der Waals surface area (Å²) in [5.41, 5.74) is 0.285. The molecule has 0 fully saturated rings. The van der Waals surface area contributed by atoms with Crippen molar-refractivity contribution < 1.29 is 14.3 Å². The molecule has 1 amide bonds. The number of halogens is 1. The lowest BCUT2D eigenvalue weighted by molar-refractivity contribution is -0.116. The molecule has 0 radical (unpaired) electrons. The predicted octanol–water partition coefficient (Wildman–Crippen LogP) is 1.70. The highest BCUT2D eigenvalue weighted by Gasteiger charge is 2.29.